The molecule has 7 heteroatoms. The van der Waals surface area contributed by atoms with Gasteiger partial charge in [-0.1, -0.05) is 60.8 Å². The van der Waals surface area contributed by atoms with E-state index in [2.05, 4.69) is 28.3 Å². The first kappa shape index (κ1) is 24.7. The van der Waals surface area contributed by atoms with E-state index in [1.807, 2.05) is 31.2 Å². The predicted octanol–water partition coefficient (Wildman–Crippen LogP) is 7.25. The Morgan fingerprint density at radius 1 is 1.11 bits per heavy atom. The second kappa shape index (κ2) is 10.9. The minimum atomic E-state index is -0.254. The molecule has 2 aromatic heterocycles. The van der Waals surface area contributed by atoms with Crippen molar-refractivity contribution >= 4 is 40.0 Å². The molecule has 0 saturated carbocycles. The van der Waals surface area contributed by atoms with Crippen molar-refractivity contribution in [1.82, 2.24) is 15.3 Å². The Hall–Kier alpha value is -3.46. The van der Waals surface area contributed by atoms with Gasteiger partial charge in [-0.05, 0) is 54.3 Å². The van der Waals surface area contributed by atoms with Gasteiger partial charge in [0.1, 0.15) is 0 Å². The minimum absolute atomic E-state index is 0.0599. The number of nitrogens with zero attached hydrogens (tertiary/aromatic N) is 3. The summed E-state index contributed by atoms with van der Waals surface area (Å²) in [5.74, 6) is -0.254. The van der Waals surface area contributed by atoms with Gasteiger partial charge in [-0.3, -0.25) is 14.8 Å². The summed E-state index contributed by atoms with van der Waals surface area (Å²) in [5.41, 5.74) is 5.09. The molecule has 4 rings (SSSR count). The van der Waals surface area contributed by atoms with E-state index in [4.69, 9.17) is 23.2 Å². The van der Waals surface area contributed by atoms with Crippen LogP contribution in [0.1, 0.15) is 52.9 Å². The Morgan fingerprint density at radius 2 is 1.86 bits per heavy atom. The van der Waals surface area contributed by atoms with Gasteiger partial charge in [-0.25, -0.2) is 0 Å². The van der Waals surface area contributed by atoms with Gasteiger partial charge >= 0.3 is 0 Å². The number of hydrogen-bond acceptors (Lipinski definition) is 4. The molecule has 0 spiro atoms. The number of rotatable bonds is 7. The van der Waals surface area contributed by atoms with Gasteiger partial charge in [-0.2, -0.15) is 5.26 Å². The molecule has 1 N–H and O–H groups in total. The van der Waals surface area contributed by atoms with E-state index in [1.165, 1.54) is 6.20 Å². The molecule has 4 aromatic rings. The maximum atomic E-state index is 13.5. The average Bonchev–Trinajstić information content (AvgIpc) is 2.83. The molecule has 1 amide bonds. The monoisotopic (exact) mass is 502 g/mol. The van der Waals surface area contributed by atoms with Crippen LogP contribution in [0, 0.1) is 18.3 Å². The Kier molecular flexibility index (Phi) is 7.65. The van der Waals surface area contributed by atoms with Crippen molar-refractivity contribution in [2.45, 2.75) is 39.2 Å². The van der Waals surface area contributed by atoms with E-state index in [1.54, 1.807) is 30.5 Å². The van der Waals surface area contributed by atoms with E-state index in [9.17, 15) is 10.1 Å². The maximum absolute atomic E-state index is 13.5. The van der Waals surface area contributed by atoms with Gasteiger partial charge < -0.3 is 5.32 Å². The number of carbonyl (C=O) groups is 1. The van der Waals surface area contributed by atoms with Crippen molar-refractivity contribution in [2.75, 3.05) is 0 Å². The molecule has 176 valence electrons. The van der Waals surface area contributed by atoms with E-state index in [-0.39, 0.29) is 18.4 Å². The summed E-state index contributed by atoms with van der Waals surface area (Å²) < 4.78 is 0. The lowest BCUT2D eigenvalue weighted by molar-refractivity contribution is 0.0933. The third-order valence-corrected chi connectivity index (χ3v) is 6.42. The molecule has 1 unspecified atom stereocenters. The summed E-state index contributed by atoms with van der Waals surface area (Å²) in [5, 5.41) is 14.4. The normalized spacial score (nSPS) is 11.7. The quantitative estimate of drug-likeness (QED) is 0.288. The van der Waals surface area contributed by atoms with E-state index in [0.29, 0.717) is 43.3 Å². The standard InChI is InChI=1S/C28H24Cl2N4O/c1-3-6-25(21-8-5-4-7-17(21)2)34-28(35)24-16-33-27-23(22(24)9-11-31)10-12-32-26(27)18-13-19(29)15-20(30)14-18/h4-5,7-8,10,12-16,25H,3,6,9H2,1-2H3,(H,34,35). The zero-order valence-corrected chi connectivity index (χ0v) is 21.0. The molecule has 1 atom stereocenters. The number of hydrogen-bond donors (Lipinski definition) is 1. The van der Waals surface area contributed by atoms with Gasteiger partial charge in [0.05, 0.1) is 35.3 Å². The zero-order valence-electron chi connectivity index (χ0n) is 19.5. The molecule has 2 heterocycles. The Bertz CT molecular complexity index is 1420. The molecule has 2 aromatic carbocycles. The van der Waals surface area contributed by atoms with Crippen LogP contribution in [0.3, 0.4) is 0 Å². The maximum Gasteiger partial charge on any atom is 0.253 e. The highest BCUT2D eigenvalue weighted by atomic mass is 35.5. The molecule has 0 aliphatic rings. The van der Waals surface area contributed by atoms with Crippen LogP contribution >= 0.6 is 23.2 Å². The summed E-state index contributed by atoms with van der Waals surface area (Å²) in [6, 6.07) is 17.1. The SMILES string of the molecule is CCCC(NC(=O)c1cnc2c(-c3cc(Cl)cc(Cl)c3)nccc2c1CC#N)c1ccccc1C. The van der Waals surface area contributed by atoms with Crippen molar-refractivity contribution in [3.8, 4) is 17.3 Å². The molecule has 0 fully saturated rings. The Balaban J connectivity index is 1.79. The van der Waals surface area contributed by atoms with Crippen molar-refractivity contribution in [2.24, 2.45) is 0 Å². The van der Waals surface area contributed by atoms with E-state index < -0.39 is 0 Å². The number of aromatic nitrogens is 2. The van der Waals surface area contributed by atoms with E-state index in [0.717, 1.165) is 24.0 Å². The summed E-state index contributed by atoms with van der Waals surface area (Å²) >= 11 is 12.4. The van der Waals surface area contributed by atoms with Gasteiger partial charge in [0.2, 0.25) is 0 Å². The molecule has 35 heavy (non-hydrogen) atoms. The van der Waals surface area contributed by atoms with Crippen LogP contribution in [0.25, 0.3) is 22.2 Å². The number of amides is 1. The predicted molar refractivity (Wildman–Crippen MR) is 141 cm³/mol. The van der Waals surface area contributed by atoms with Crippen molar-refractivity contribution < 1.29 is 4.79 Å². The highest BCUT2D eigenvalue weighted by molar-refractivity contribution is 6.35. The fourth-order valence-corrected chi connectivity index (χ4v) is 4.88. The summed E-state index contributed by atoms with van der Waals surface area (Å²) in [4.78, 5) is 22.6. The molecule has 0 saturated heterocycles. The highest BCUT2D eigenvalue weighted by Gasteiger charge is 2.22. The zero-order chi connectivity index (χ0) is 24.9. The van der Waals surface area contributed by atoms with Crippen LogP contribution in [0.4, 0.5) is 0 Å². The van der Waals surface area contributed by atoms with Crippen LogP contribution < -0.4 is 5.32 Å². The third-order valence-electron chi connectivity index (χ3n) is 5.98. The first-order valence-electron chi connectivity index (χ1n) is 11.4. The molecular weight excluding hydrogens is 479 g/mol. The molecular formula is C28H24Cl2N4O. The smallest absolute Gasteiger partial charge is 0.253 e. The van der Waals surface area contributed by atoms with Crippen LogP contribution in [0.15, 0.2) is 60.9 Å². The first-order chi connectivity index (χ1) is 16.9. The van der Waals surface area contributed by atoms with Crippen LogP contribution in [-0.2, 0) is 6.42 Å². The average molecular weight is 503 g/mol. The largest absolute Gasteiger partial charge is 0.345 e. The van der Waals surface area contributed by atoms with Crippen LogP contribution in [0.5, 0.6) is 0 Å². The van der Waals surface area contributed by atoms with Gasteiger partial charge in [0, 0.05) is 33.4 Å². The number of benzene rings is 2. The Labute approximate surface area is 214 Å². The van der Waals surface area contributed by atoms with Crippen LogP contribution in [-0.4, -0.2) is 15.9 Å². The molecule has 5 nitrogen and oxygen atoms in total. The summed E-state index contributed by atoms with van der Waals surface area (Å²) in [6.45, 7) is 4.13. The molecule has 0 aliphatic carbocycles. The number of pyridine rings is 2. The number of halogens is 2. The lowest BCUT2D eigenvalue weighted by Crippen LogP contribution is -2.30. The fourth-order valence-electron chi connectivity index (χ4n) is 4.36. The van der Waals surface area contributed by atoms with Crippen molar-refractivity contribution in [1.29, 1.82) is 5.26 Å². The van der Waals surface area contributed by atoms with Crippen LogP contribution in [0.2, 0.25) is 10.0 Å². The number of nitriles is 1. The summed E-state index contributed by atoms with van der Waals surface area (Å²) in [6.07, 6.45) is 4.95. The number of aryl methyl sites for hydroxylation is 1. The summed E-state index contributed by atoms with van der Waals surface area (Å²) in [7, 11) is 0. The van der Waals surface area contributed by atoms with Gasteiger partial charge in [-0.15, -0.1) is 0 Å². The highest BCUT2D eigenvalue weighted by Crippen LogP contribution is 2.32. The lowest BCUT2D eigenvalue weighted by atomic mass is 9.96. The second-order valence-corrected chi connectivity index (χ2v) is 9.24. The van der Waals surface area contributed by atoms with Gasteiger partial charge in [0.25, 0.3) is 5.91 Å². The molecule has 0 aliphatic heterocycles. The number of nitrogens with one attached hydrogen (secondary N) is 1. The molecule has 0 radical (unpaired) electrons. The van der Waals surface area contributed by atoms with Crippen molar-refractivity contribution in [3.63, 3.8) is 0 Å². The van der Waals surface area contributed by atoms with E-state index >= 15 is 0 Å². The molecule has 0 bridgehead atoms. The lowest BCUT2D eigenvalue weighted by Gasteiger charge is -2.21. The van der Waals surface area contributed by atoms with Crippen molar-refractivity contribution in [3.05, 3.63) is 93.2 Å². The second-order valence-electron chi connectivity index (χ2n) is 8.37. The number of fused-ring (bicyclic) bond motifs is 1. The minimum Gasteiger partial charge on any atom is -0.345 e. The third kappa shape index (κ3) is 5.30. The topological polar surface area (TPSA) is 78.7 Å². The van der Waals surface area contributed by atoms with Gasteiger partial charge in [0.15, 0.2) is 0 Å². The first-order valence-corrected chi connectivity index (χ1v) is 12.1. The Morgan fingerprint density at radius 3 is 2.54 bits per heavy atom. The fraction of sp³-hybridized carbons (Fsp3) is 0.214. The number of carbonyl (C=O) groups excluding carboxylic acids is 1.